The Morgan fingerprint density at radius 1 is 0.554 bits per heavy atom. The summed E-state index contributed by atoms with van der Waals surface area (Å²) in [6, 6.07) is 28.3. The molecule has 0 saturated heterocycles. The molecule has 0 bridgehead atoms. The number of hydrogen-bond donors (Lipinski definition) is 0. The smallest absolute Gasteiger partial charge is 0.164 e. The van der Waals surface area contributed by atoms with Crippen LogP contribution in [0.25, 0.3) is 99.3 Å². The summed E-state index contributed by atoms with van der Waals surface area (Å²) in [5, 5.41) is 1.09. The first-order valence-electron chi connectivity index (χ1n) is 23.7. The molecule has 0 radical (unpaired) electrons. The van der Waals surface area contributed by atoms with Gasteiger partial charge in [0.1, 0.15) is 0 Å². The maximum absolute atomic E-state index is 9.69. The van der Waals surface area contributed by atoms with Gasteiger partial charge in [-0.15, -0.1) is 11.3 Å². The zero-order chi connectivity index (χ0) is 46.6. The van der Waals surface area contributed by atoms with E-state index in [2.05, 4.69) is 4.57 Å². The van der Waals surface area contributed by atoms with Gasteiger partial charge in [0.25, 0.3) is 0 Å². The Morgan fingerprint density at radius 2 is 1.29 bits per heavy atom. The summed E-state index contributed by atoms with van der Waals surface area (Å²) in [5.74, 6) is 1.20. The largest absolute Gasteiger partial charge is 0.312 e. The first kappa shape index (κ1) is 23.1. The van der Waals surface area contributed by atoms with Gasteiger partial charge in [0, 0.05) is 64.6 Å². The molecule has 0 spiro atoms. The van der Waals surface area contributed by atoms with Gasteiger partial charge in [-0.05, 0) is 54.3 Å². The Bertz CT molecular complexity index is 3690. The van der Waals surface area contributed by atoms with Crippen LogP contribution in [-0.2, 0) is 6.42 Å². The van der Waals surface area contributed by atoms with Crippen molar-refractivity contribution in [3.05, 3.63) is 187 Å². The summed E-state index contributed by atoms with van der Waals surface area (Å²) in [7, 11) is 0. The van der Waals surface area contributed by atoms with E-state index in [1.807, 2.05) is 97.1 Å². The molecule has 3 aromatic heterocycles. The highest BCUT2D eigenvalue weighted by molar-refractivity contribution is 7.26. The molecular weight excluding hydrogens is 701 g/mol. The molecule has 1 aliphatic rings. The molecule has 3 heterocycles. The number of aromatic nitrogens is 4. The zero-order valence-electron chi connectivity index (χ0n) is 40.6. The van der Waals surface area contributed by atoms with Gasteiger partial charge in [0.05, 0.1) is 26.3 Å². The van der Waals surface area contributed by atoms with Crippen LogP contribution in [-0.4, -0.2) is 19.5 Å². The van der Waals surface area contributed by atoms with E-state index in [-0.39, 0.29) is 70.2 Å². The van der Waals surface area contributed by atoms with Gasteiger partial charge in [0.15, 0.2) is 17.5 Å². The maximum Gasteiger partial charge on any atom is 0.164 e. The van der Waals surface area contributed by atoms with Crippen molar-refractivity contribution in [2.75, 3.05) is 0 Å². The van der Waals surface area contributed by atoms with Crippen LogP contribution in [0.15, 0.2) is 176 Å². The number of allylic oxidation sites excluding steroid dienone is 1. The molecule has 7 aromatic carbocycles. The predicted octanol–water partition coefficient (Wildman–Crippen LogP) is 13.5. The van der Waals surface area contributed by atoms with E-state index in [9.17, 15) is 4.11 Å². The van der Waals surface area contributed by atoms with Crippen LogP contribution >= 0.6 is 11.3 Å². The van der Waals surface area contributed by atoms with Crippen LogP contribution in [0.1, 0.15) is 32.8 Å². The summed E-state index contributed by atoms with van der Waals surface area (Å²) >= 11 is 1.15. The number of fused-ring (bicyclic) bond motifs is 6. The minimum atomic E-state index is -0.486. The molecule has 0 saturated carbocycles. The number of benzene rings is 7. The van der Waals surface area contributed by atoms with E-state index in [0.717, 1.165) is 33.7 Å². The second-order valence-corrected chi connectivity index (χ2v) is 14.4. The van der Waals surface area contributed by atoms with Crippen LogP contribution in [0.5, 0.6) is 0 Å². The lowest BCUT2D eigenvalue weighted by molar-refractivity contribution is 0.889. The van der Waals surface area contributed by atoms with Gasteiger partial charge in [-0.1, -0.05) is 151 Å². The lowest BCUT2D eigenvalue weighted by Crippen LogP contribution is -2.05. The molecule has 4 nitrogen and oxygen atoms in total. The molecule has 0 aliphatic heterocycles. The fourth-order valence-electron chi connectivity index (χ4n) is 7.70. The Morgan fingerprint density at radius 3 is 2.05 bits per heavy atom. The summed E-state index contributed by atoms with van der Waals surface area (Å²) in [6.07, 6.45) is 5.28. The number of thiophene rings is 1. The molecule has 1 aliphatic carbocycles. The van der Waals surface area contributed by atoms with Gasteiger partial charge in [0.2, 0.25) is 0 Å². The molecule has 11 rings (SSSR count). The molecule has 56 heavy (non-hydrogen) atoms. The van der Waals surface area contributed by atoms with Crippen molar-refractivity contribution in [2.24, 2.45) is 0 Å². The van der Waals surface area contributed by atoms with Gasteiger partial charge >= 0.3 is 0 Å². The van der Waals surface area contributed by atoms with E-state index in [0.29, 0.717) is 73.0 Å². The van der Waals surface area contributed by atoms with Crippen LogP contribution in [0.2, 0.25) is 0 Å². The number of rotatable bonds is 6. The third-order valence-electron chi connectivity index (χ3n) is 10.2. The highest BCUT2D eigenvalue weighted by Crippen LogP contribution is 2.46. The van der Waals surface area contributed by atoms with Crippen LogP contribution in [0.3, 0.4) is 0 Å². The minimum Gasteiger partial charge on any atom is -0.312 e. The molecule has 0 unspecified atom stereocenters. The van der Waals surface area contributed by atoms with E-state index >= 15 is 0 Å². The summed E-state index contributed by atoms with van der Waals surface area (Å²) in [4.78, 5) is 14.9. The van der Waals surface area contributed by atoms with Crippen molar-refractivity contribution >= 4 is 48.5 Å². The Hall–Kier alpha value is -6.95. The zero-order valence-corrected chi connectivity index (χ0v) is 30.4. The van der Waals surface area contributed by atoms with Crippen molar-refractivity contribution in [3.8, 4) is 62.1 Å². The van der Waals surface area contributed by atoms with Crippen molar-refractivity contribution < 1.29 is 15.1 Å². The van der Waals surface area contributed by atoms with Crippen molar-refractivity contribution in [3.63, 3.8) is 0 Å². The third kappa shape index (κ3) is 5.39. The van der Waals surface area contributed by atoms with E-state index < -0.39 is 18.1 Å². The van der Waals surface area contributed by atoms with Crippen LogP contribution in [0.4, 0.5) is 0 Å². The highest BCUT2D eigenvalue weighted by atomic mass is 32.1. The second-order valence-electron chi connectivity index (χ2n) is 13.4. The SMILES string of the molecule is [2H]c1cc([2H])c2sc3c(-c4cc(-c5nc(-c6ccccc6)nc(-c6ccccc6)n5)ccc4-n4c5c(c6c(-c7c([2H])c([2H])c([2H])c([2H])c7[2H])cccc64)C=CCC5)c([2H])c([2H])c([2H])c3c2c1[2H]. The first-order valence-corrected chi connectivity index (χ1v) is 19.0. The summed E-state index contributed by atoms with van der Waals surface area (Å²) in [6.45, 7) is 0. The van der Waals surface area contributed by atoms with Crippen molar-refractivity contribution in [1.82, 2.24) is 19.5 Å². The third-order valence-corrected chi connectivity index (χ3v) is 11.3. The van der Waals surface area contributed by atoms with E-state index in [1.54, 1.807) is 12.1 Å². The fourth-order valence-corrected chi connectivity index (χ4v) is 8.80. The molecule has 5 heteroatoms. The summed E-state index contributed by atoms with van der Waals surface area (Å²) < 4.78 is 101. The Balaban J connectivity index is 1.27. The van der Waals surface area contributed by atoms with E-state index in [4.69, 9.17) is 25.9 Å². The van der Waals surface area contributed by atoms with Crippen LogP contribution < -0.4 is 0 Å². The average molecular weight is 746 g/mol. The lowest BCUT2D eigenvalue weighted by atomic mass is 9.95. The summed E-state index contributed by atoms with van der Waals surface area (Å²) in [5.41, 5.74) is 6.26. The molecule has 0 amide bonds. The quantitative estimate of drug-likeness (QED) is 0.170. The minimum absolute atomic E-state index is 0.000841. The maximum atomic E-state index is 9.69. The Labute approximate surface area is 344 Å². The van der Waals surface area contributed by atoms with Gasteiger partial charge < -0.3 is 4.57 Å². The molecule has 264 valence electrons. The van der Waals surface area contributed by atoms with Crippen molar-refractivity contribution in [1.29, 1.82) is 0 Å². The van der Waals surface area contributed by atoms with Gasteiger partial charge in [-0.2, -0.15) is 0 Å². The van der Waals surface area contributed by atoms with Gasteiger partial charge in [-0.25, -0.2) is 15.0 Å². The molecular formula is C51H34N4S. The first-order chi connectivity index (χ1) is 32.3. The van der Waals surface area contributed by atoms with E-state index in [1.165, 1.54) is 6.07 Å². The molecule has 10 aromatic rings. The lowest BCUT2D eigenvalue weighted by Gasteiger charge is -2.19. The average Bonchev–Trinajstić information content (AvgIpc) is 3.92. The standard InChI is InChI=1S/C51H34N4S/c1-4-16-33(17-5-1)37-24-15-28-45-47(37)41-23-10-12-27-43(41)55(45)44-31-30-36(32-42(44)40-26-14-25-39-38-22-11-13-29-46(38)56-48(39)40)51-53-49(34-18-6-2-7-19-34)52-50(54-51)35-20-8-3-9-21-35/h1-11,13-26,28-32H,12,27H2/i1D,4D,5D,11D,14D,16D,17D,22D,25D,26D,29D. The second kappa shape index (κ2) is 13.4. The highest BCUT2D eigenvalue weighted by Gasteiger charge is 2.25. The Kier molecular flexibility index (Phi) is 5.53. The normalized spacial score (nSPS) is 15.2. The predicted molar refractivity (Wildman–Crippen MR) is 234 cm³/mol. The van der Waals surface area contributed by atoms with Crippen LogP contribution in [0, 0.1) is 0 Å². The van der Waals surface area contributed by atoms with Gasteiger partial charge in [-0.3, -0.25) is 0 Å². The topological polar surface area (TPSA) is 43.6 Å². The molecule has 0 N–H and O–H groups in total. The fraction of sp³-hybridized carbons (Fsp3) is 0.0392. The molecule has 0 fully saturated rings. The number of hydrogen-bond acceptors (Lipinski definition) is 4. The monoisotopic (exact) mass is 745 g/mol. The van der Waals surface area contributed by atoms with Crippen molar-refractivity contribution in [2.45, 2.75) is 12.8 Å². The number of nitrogens with zero attached hydrogens (tertiary/aromatic N) is 4. The molecule has 0 atom stereocenters.